The number of nitrogens with one attached hydrogen (secondary N) is 1. The van der Waals surface area contributed by atoms with Crippen LogP contribution < -0.4 is 9.62 Å². The van der Waals surface area contributed by atoms with E-state index in [2.05, 4.69) is 19.6 Å². The molecule has 39 heavy (non-hydrogen) atoms. The first-order valence-corrected chi connectivity index (χ1v) is 14.1. The van der Waals surface area contributed by atoms with E-state index in [4.69, 9.17) is 9.72 Å². The lowest BCUT2D eigenvalue weighted by Crippen LogP contribution is -2.50. The van der Waals surface area contributed by atoms with E-state index in [1.54, 1.807) is 41.6 Å². The van der Waals surface area contributed by atoms with Crippen molar-refractivity contribution in [2.24, 2.45) is 0 Å². The molecule has 0 unspecified atom stereocenters. The SMILES string of the molecule is CC(C)(C)OC(=O)N1CCN(c2cnc3ccc(-c4cncc(NS(=O)(=O)c5ccccc5)c4)cc3n2)CC1. The maximum atomic E-state index is 12.7. The van der Waals surface area contributed by atoms with Crippen LogP contribution in [0.4, 0.5) is 16.3 Å². The Kier molecular flexibility index (Phi) is 7.09. The first kappa shape index (κ1) is 26.4. The van der Waals surface area contributed by atoms with Crippen molar-refractivity contribution >= 4 is 38.7 Å². The first-order valence-electron chi connectivity index (χ1n) is 12.6. The van der Waals surface area contributed by atoms with E-state index in [1.807, 2.05) is 39.0 Å². The van der Waals surface area contributed by atoms with Gasteiger partial charge in [0.05, 0.1) is 34.0 Å². The number of nitrogens with zero attached hydrogens (tertiary/aromatic N) is 5. The van der Waals surface area contributed by atoms with Crippen molar-refractivity contribution in [1.82, 2.24) is 19.9 Å². The minimum absolute atomic E-state index is 0.177. The lowest BCUT2D eigenvalue weighted by atomic mass is 10.1. The second-order valence-electron chi connectivity index (χ2n) is 10.3. The maximum Gasteiger partial charge on any atom is 0.410 e. The molecule has 1 aliphatic heterocycles. The Morgan fingerprint density at radius 3 is 2.36 bits per heavy atom. The van der Waals surface area contributed by atoms with Crippen LogP contribution in [0, 0.1) is 0 Å². The van der Waals surface area contributed by atoms with Gasteiger partial charge in [0.2, 0.25) is 0 Å². The summed E-state index contributed by atoms with van der Waals surface area (Å²) >= 11 is 0. The molecular weight excluding hydrogens is 516 g/mol. The van der Waals surface area contributed by atoms with Crippen LogP contribution in [0.1, 0.15) is 20.8 Å². The van der Waals surface area contributed by atoms with E-state index in [0.717, 1.165) is 22.5 Å². The predicted octanol–water partition coefficient (Wildman–Crippen LogP) is 4.55. The standard InChI is InChI=1S/C28H30N6O4S/c1-28(2,3)38-27(35)34-13-11-33(12-14-34)26-19-30-24-10-9-20(16-25(24)31-26)21-15-22(18-29-17-21)32-39(36,37)23-7-5-4-6-8-23/h4-10,15-19,32H,11-14H2,1-3H3. The highest BCUT2D eigenvalue weighted by Crippen LogP contribution is 2.27. The van der Waals surface area contributed by atoms with Gasteiger partial charge in [0, 0.05) is 37.9 Å². The zero-order chi connectivity index (χ0) is 27.6. The summed E-state index contributed by atoms with van der Waals surface area (Å²) in [6, 6.07) is 15.6. The van der Waals surface area contributed by atoms with E-state index in [-0.39, 0.29) is 11.0 Å². The van der Waals surface area contributed by atoms with Crippen molar-refractivity contribution < 1.29 is 17.9 Å². The number of amides is 1. The number of sulfonamides is 1. The van der Waals surface area contributed by atoms with Gasteiger partial charge in [-0.15, -0.1) is 0 Å². The number of hydrogen-bond acceptors (Lipinski definition) is 8. The number of carbonyl (C=O) groups is 1. The molecule has 11 heteroatoms. The van der Waals surface area contributed by atoms with Gasteiger partial charge < -0.3 is 14.5 Å². The molecule has 10 nitrogen and oxygen atoms in total. The summed E-state index contributed by atoms with van der Waals surface area (Å²) < 4.78 is 33.6. The molecule has 4 aromatic rings. The highest BCUT2D eigenvalue weighted by Gasteiger charge is 2.26. The van der Waals surface area contributed by atoms with Gasteiger partial charge in [-0.2, -0.15) is 0 Å². The third-order valence-electron chi connectivity index (χ3n) is 6.16. The molecule has 2 aromatic carbocycles. The first-order chi connectivity index (χ1) is 18.6. The molecule has 1 fully saturated rings. The molecule has 3 heterocycles. The van der Waals surface area contributed by atoms with Crippen LogP contribution in [0.3, 0.4) is 0 Å². The highest BCUT2D eigenvalue weighted by atomic mass is 32.2. The Morgan fingerprint density at radius 2 is 1.64 bits per heavy atom. The molecule has 202 valence electrons. The quantitative estimate of drug-likeness (QED) is 0.387. The predicted molar refractivity (Wildman–Crippen MR) is 150 cm³/mol. The largest absolute Gasteiger partial charge is 0.444 e. The number of anilines is 2. The molecule has 1 N–H and O–H groups in total. The van der Waals surface area contributed by atoms with Gasteiger partial charge in [-0.1, -0.05) is 24.3 Å². The maximum absolute atomic E-state index is 12.7. The summed E-state index contributed by atoms with van der Waals surface area (Å²) in [6.45, 7) is 7.87. The van der Waals surface area contributed by atoms with Gasteiger partial charge in [-0.25, -0.2) is 18.2 Å². The van der Waals surface area contributed by atoms with Gasteiger partial charge in [-0.3, -0.25) is 14.7 Å². The van der Waals surface area contributed by atoms with Gasteiger partial charge >= 0.3 is 6.09 Å². The highest BCUT2D eigenvalue weighted by molar-refractivity contribution is 7.92. The molecule has 0 saturated carbocycles. The summed E-state index contributed by atoms with van der Waals surface area (Å²) in [7, 11) is -3.73. The van der Waals surface area contributed by atoms with Crippen molar-refractivity contribution in [3.63, 3.8) is 0 Å². The average Bonchev–Trinajstić information content (AvgIpc) is 2.92. The topological polar surface area (TPSA) is 118 Å². The van der Waals surface area contributed by atoms with E-state index in [1.165, 1.54) is 18.3 Å². The molecular formula is C28H30N6O4S. The third-order valence-corrected chi connectivity index (χ3v) is 7.56. The van der Waals surface area contributed by atoms with Gasteiger partial charge in [0.15, 0.2) is 0 Å². The second kappa shape index (κ2) is 10.5. The Labute approximate surface area is 227 Å². The van der Waals surface area contributed by atoms with E-state index in [0.29, 0.717) is 37.4 Å². The fourth-order valence-corrected chi connectivity index (χ4v) is 5.30. The minimum Gasteiger partial charge on any atom is -0.444 e. The lowest BCUT2D eigenvalue weighted by molar-refractivity contribution is 0.0240. The van der Waals surface area contributed by atoms with E-state index < -0.39 is 15.6 Å². The molecule has 1 amide bonds. The molecule has 1 saturated heterocycles. The van der Waals surface area contributed by atoms with Crippen molar-refractivity contribution in [3.05, 3.63) is 73.2 Å². The molecule has 0 spiro atoms. The summed E-state index contributed by atoms with van der Waals surface area (Å²) in [4.78, 5) is 30.0. The smallest absolute Gasteiger partial charge is 0.410 e. The van der Waals surface area contributed by atoms with Crippen LogP contribution in [-0.4, -0.2) is 66.1 Å². The van der Waals surface area contributed by atoms with Crippen LogP contribution in [0.15, 0.2) is 78.1 Å². The Morgan fingerprint density at radius 1 is 0.897 bits per heavy atom. The average molecular weight is 547 g/mol. The van der Waals surface area contributed by atoms with Crippen molar-refractivity contribution in [3.8, 4) is 11.1 Å². The molecule has 0 aliphatic carbocycles. The number of benzene rings is 2. The molecule has 5 rings (SSSR count). The van der Waals surface area contributed by atoms with Gasteiger partial charge in [-0.05, 0) is 56.7 Å². The number of piperazine rings is 1. The number of hydrogen-bond donors (Lipinski definition) is 1. The van der Waals surface area contributed by atoms with Crippen molar-refractivity contribution in [2.45, 2.75) is 31.3 Å². The number of carbonyl (C=O) groups excluding carboxylic acids is 1. The zero-order valence-electron chi connectivity index (χ0n) is 22.0. The zero-order valence-corrected chi connectivity index (χ0v) is 22.9. The molecule has 1 aliphatic rings. The van der Waals surface area contributed by atoms with Gasteiger partial charge in [0.1, 0.15) is 11.4 Å². The fraction of sp³-hybridized carbons (Fsp3) is 0.286. The van der Waals surface area contributed by atoms with Crippen LogP contribution >= 0.6 is 0 Å². The van der Waals surface area contributed by atoms with E-state index in [9.17, 15) is 13.2 Å². The molecule has 0 atom stereocenters. The van der Waals surface area contributed by atoms with E-state index >= 15 is 0 Å². The third kappa shape index (κ3) is 6.26. The molecule has 0 radical (unpaired) electrons. The van der Waals surface area contributed by atoms with Crippen molar-refractivity contribution in [2.75, 3.05) is 35.8 Å². The minimum atomic E-state index is -3.73. The Hall–Kier alpha value is -4.25. The Bertz CT molecular complexity index is 1600. The van der Waals surface area contributed by atoms with Crippen LogP contribution in [0.2, 0.25) is 0 Å². The van der Waals surface area contributed by atoms with Crippen LogP contribution in [0.5, 0.6) is 0 Å². The number of pyridine rings is 1. The number of rotatable bonds is 5. The van der Waals surface area contributed by atoms with Crippen LogP contribution in [0.25, 0.3) is 22.2 Å². The second-order valence-corrected chi connectivity index (χ2v) is 11.9. The monoisotopic (exact) mass is 546 g/mol. The van der Waals surface area contributed by atoms with Crippen LogP contribution in [-0.2, 0) is 14.8 Å². The molecule has 0 bridgehead atoms. The number of aromatic nitrogens is 3. The Balaban J connectivity index is 1.33. The van der Waals surface area contributed by atoms with Crippen molar-refractivity contribution in [1.29, 1.82) is 0 Å². The summed E-state index contributed by atoms with van der Waals surface area (Å²) in [5.41, 5.74) is 2.84. The normalized spacial score (nSPS) is 14.3. The van der Waals surface area contributed by atoms with Gasteiger partial charge in [0.25, 0.3) is 10.0 Å². The number of ether oxygens (including phenoxy) is 1. The summed E-state index contributed by atoms with van der Waals surface area (Å²) in [5.74, 6) is 0.728. The lowest BCUT2D eigenvalue weighted by Gasteiger charge is -2.36. The number of fused-ring (bicyclic) bond motifs is 1. The summed E-state index contributed by atoms with van der Waals surface area (Å²) in [5, 5.41) is 0. The summed E-state index contributed by atoms with van der Waals surface area (Å²) in [6.07, 6.45) is 4.58. The molecule has 2 aromatic heterocycles. The fourth-order valence-electron chi connectivity index (χ4n) is 4.25.